The molecule has 0 N–H and O–H groups in total. The Bertz CT molecular complexity index is 637. The maximum Gasteiger partial charge on any atom is 0.225 e. The molecule has 0 unspecified atom stereocenters. The molecular weight excluding hydrogens is 296 g/mol. The Kier molecular flexibility index (Phi) is 6.00. The van der Waals surface area contributed by atoms with E-state index in [1.54, 1.807) is 4.90 Å². The zero-order chi connectivity index (χ0) is 15.8. The van der Waals surface area contributed by atoms with Gasteiger partial charge >= 0.3 is 0 Å². The zero-order valence-electron chi connectivity index (χ0n) is 12.2. The number of hydrogen-bond acceptors (Lipinski definition) is 2. The lowest BCUT2D eigenvalue weighted by atomic mass is 10.0. The molecule has 0 saturated heterocycles. The highest BCUT2D eigenvalue weighted by Gasteiger charge is 2.24. The van der Waals surface area contributed by atoms with Gasteiger partial charge in [0.15, 0.2) is 0 Å². The van der Waals surface area contributed by atoms with Crippen LogP contribution in [0.5, 0.6) is 0 Å². The third kappa shape index (κ3) is 4.09. The summed E-state index contributed by atoms with van der Waals surface area (Å²) in [6, 6.07) is 20.6. The highest BCUT2D eigenvalue weighted by atomic mass is 35.5. The molecule has 2 aromatic rings. The van der Waals surface area contributed by atoms with E-state index in [0.29, 0.717) is 6.54 Å². The molecule has 0 spiro atoms. The molecule has 0 heterocycles. The Labute approximate surface area is 135 Å². The molecule has 22 heavy (non-hydrogen) atoms. The third-order valence-corrected chi connectivity index (χ3v) is 3.56. The van der Waals surface area contributed by atoms with Crippen LogP contribution < -0.4 is 0 Å². The van der Waals surface area contributed by atoms with E-state index in [9.17, 15) is 10.1 Å². The van der Waals surface area contributed by atoms with Gasteiger partial charge in [0.2, 0.25) is 5.91 Å². The van der Waals surface area contributed by atoms with Crippen LogP contribution >= 0.6 is 11.6 Å². The second kappa shape index (κ2) is 8.21. The van der Waals surface area contributed by atoms with E-state index in [4.69, 9.17) is 11.6 Å². The van der Waals surface area contributed by atoms with Crippen molar-refractivity contribution in [1.29, 1.82) is 5.26 Å². The second-order valence-electron chi connectivity index (χ2n) is 4.89. The van der Waals surface area contributed by atoms with Crippen LogP contribution in [0, 0.1) is 11.3 Å². The number of nitriles is 1. The summed E-state index contributed by atoms with van der Waals surface area (Å²) in [6.07, 6.45) is 0.222. The Morgan fingerprint density at radius 1 is 1.09 bits per heavy atom. The van der Waals surface area contributed by atoms with Gasteiger partial charge in [0.1, 0.15) is 6.04 Å². The predicted molar refractivity (Wildman–Crippen MR) is 87.1 cm³/mol. The molecule has 0 aliphatic heterocycles. The van der Waals surface area contributed by atoms with Crippen molar-refractivity contribution in [2.75, 3.05) is 5.88 Å². The molecular formula is C18H17ClN2O. The number of amides is 1. The van der Waals surface area contributed by atoms with E-state index in [-0.39, 0.29) is 18.2 Å². The lowest BCUT2D eigenvalue weighted by Crippen LogP contribution is -2.34. The highest BCUT2D eigenvalue weighted by molar-refractivity contribution is 6.18. The van der Waals surface area contributed by atoms with Gasteiger partial charge in [0, 0.05) is 18.8 Å². The number of benzene rings is 2. The predicted octanol–water partition coefficient (Wildman–Crippen LogP) is 3.91. The first-order chi connectivity index (χ1) is 10.8. The molecule has 2 rings (SSSR count). The lowest BCUT2D eigenvalue weighted by Gasteiger charge is -2.27. The van der Waals surface area contributed by atoms with Crippen LogP contribution in [0.4, 0.5) is 0 Å². The minimum absolute atomic E-state index is 0.116. The first-order valence-corrected chi connectivity index (χ1v) is 7.63. The summed E-state index contributed by atoms with van der Waals surface area (Å²) in [6.45, 7) is 0.393. The van der Waals surface area contributed by atoms with E-state index < -0.39 is 6.04 Å². The average molecular weight is 313 g/mol. The largest absolute Gasteiger partial charge is 0.318 e. The summed E-state index contributed by atoms with van der Waals surface area (Å²) < 4.78 is 0. The topological polar surface area (TPSA) is 44.1 Å². The molecule has 0 bridgehead atoms. The van der Waals surface area contributed by atoms with E-state index >= 15 is 0 Å². The Morgan fingerprint density at radius 3 is 2.23 bits per heavy atom. The van der Waals surface area contributed by atoms with Crippen LogP contribution in [0.3, 0.4) is 0 Å². The molecule has 1 atom stereocenters. The zero-order valence-corrected chi connectivity index (χ0v) is 12.9. The number of carbonyl (C=O) groups excluding carboxylic acids is 1. The first-order valence-electron chi connectivity index (χ1n) is 7.10. The minimum Gasteiger partial charge on any atom is -0.318 e. The summed E-state index contributed by atoms with van der Waals surface area (Å²) in [5.41, 5.74) is 1.80. The Morgan fingerprint density at radius 2 is 1.68 bits per heavy atom. The monoisotopic (exact) mass is 312 g/mol. The summed E-state index contributed by atoms with van der Waals surface area (Å²) in [7, 11) is 0. The SMILES string of the molecule is N#C[C@H](c1ccccc1)N(Cc1ccccc1)C(=O)CCCl. The van der Waals surface area contributed by atoms with Crippen LogP contribution in [-0.4, -0.2) is 16.7 Å². The molecule has 4 heteroatoms. The molecule has 0 radical (unpaired) electrons. The van der Waals surface area contributed by atoms with Crippen molar-refractivity contribution in [3.63, 3.8) is 0 Å². The maximum atomic E-state index is 12.4. The van der Waals surface area contributed by atoms with Crippen LogP contribution in [0.15, 0.2) is 60.7 Å². The average Bonchev–Trinajstić information content (AvgIpc) is 2.57. The van der Waals surface area contributed by atoms with Gasteiger partial charge < -0.3 is 4.90 Å². The van der Waals surface area contributed by atoms with E-state index in [1.165, 1.54) is 0 Å². The van der Waals surface area contributed by atoms with Gasteiger partial charge in [-0.2, -0.15) is 5.26 Å². The Hall–Kier alpha value is -2.31. The summed E-state index contributed by atoms with van der Waals surface area (Å²) in [5.74, 6) is 0.131. The molecule has 0 fully saturated rings. The fourth-order valence-corrected chi connectivity index (χ4v) is 2.45. The van der Waals surface area contributed by atoms with E-state index in [0.717, 1.165) is 11.1 Å². The van der Waals surface area contributed by atoms with Crippen molar-refractivity contribution >= 4 is 17.5 Å². The van der Waals surface area contributed by atoms with Crippen LogP contribution in [0.2, 0.25) is 0 Å². The quantitative estimate of drug-likeness (QED) is 0.759. The van der Waals surface area contributed by atoms with Crippen molar-refractivity contribution in [3.05, 3.63) is 71.8 Å². The van der Waals surface area contributed by atoms with Gasteiger partial charge in [-0.25, -0.2) is 0 Å². The van der Waals surface area contributed by atoms with E-state index in [1.807, 2.05) is 60.7 Å². The number of alkyl halides is 1. The Balaban J connectivity index is 2.30. The van der Waals surface area contributed by atoms with Crippen molar-refractivity contribution in [2.24, 2.45) is 0 Å². The van der Waals surface area contributed by atoms with Gasteiger partial charge in [-0.1, -0.05) is 60.7 Å². The number of carbonyl (C=O) groups is 1. The molecule has 1 amide bonds. The van der Waals surface area contributed by atoms with Crippen LogP contribution in [0.25, 0.3) is 0 Å². The normalized spacial score (nSPS) is 11.5. The first kappa shape index (κ1) is 16.1. The molecule has 0 aromatic heterocycles. The van der Waals surface area contributed by atoms with Crippen molar-refractivity contribution in [3.8, 4) is 6.07 Å². The molecule has 0 aliphatic rings. The fraction of sp³-hybridized carbons (Fsp3) is 0.222. The van der Waals surface area contributed by atoms with Gasteiger partial charge in [0.25, 0.3) is 0 Å². The van der Waals surface area contributed by atoms with Gasteiger partial charge in [0.05, 0.1) is 6.07 Å². The van der Waals surface area contributed by atoms with Crippen molar-refractivity contribution in [1.82, 2.24) is 4.90 Å². The van der Waals surface area contributed by atoms with Gasteiger partial charge in [-0.3, -0.25) is 4.79 Å². The van der Waals surface area contributed by atoms with Gasteiger partial charge in [-0.15, -0.1) is 11.6 Å². The number of rotatable bonds is 6. The highest BCUT2D eigenvalue weighted by Crippen LogP contribution is 2.23. The summed E-state index contributed by atoms with van der Waals surface area (Å²) >= 11 is 5.71. The second-order valence-corrected chi connectivity index (χ2v) is 5.27. The number of nitrogens with zero attached hydrogens (tertiary/aromatic N) is 2. The van der Waals surface area contributed by atoms with Gasteiger partial charge in [-0.05, 0) is 11.1 Å². The molecule has 3 nitrogen and oxygen atoms in total. The lowest BCUT2D eigenvalue weighted by molar-refractivity contribution is -0.132. The summed E-state index contributed by atoms with van der Waals surface area (Å²) in [5, 5.41) is 9.57. The summed E-state index contributed by atoms with van der Waals surface area (Å²) in [4.78, 5) is 14.0. The maximum absolute atomic E-state index is 12.4. The number of hydrogen-bond donors (Lipinski definition) is 0. The van der Waals surface area contributed by atoms with Crippen molar-refractivity contribution < 1.29 is 4.79 Å². The third-order valence-electron chi connectivity index (χ3n) is 3.37. The van der Waals surface area contributed by atoms with E-state index in [2.05, 4.69) is 6.07 Å². The fourth-order valence-electron chi connectivity index (χ4n) is 2.29. The van der Waals surface area contributed by atoms with Crippen LogP contribution in [0.1, 0.15) is 23.6 Å². The minimum atomic E-state index is -0.614. The standard InChI is InChI=1S/C18H17ClN2O/c19-12-11-18(22)21(14-15-7-3-1-4-8-15)17(13-20)16-9-5-2-6-10-16/h1-10,17H,11-12,14H2/t17-/m1/s1. The molecule has 0 saturated carbocycles. The van der Waals surface area contributed by atoms with Crippen molar-refractivity contribution in [2.45, 2.75) is 19.0 Å². The smallest absolute Gasteiger partial charge is 0.225 e. The molecule has 0 aliphatic carbocycles. The number of halogens is 1. The molecule has 112 valence electrons. The van der Waals surface area contributed by atoms with Crippen LogP contribution in [-0.2, 0) is 11.3 Å². The molecule has 2 aromatic carbocycles.